The van der Waals surface area contributed by atoms with Crippen LogP contribution in [-0.4, -0.2) is 44.3 Å². The lowest BCUT2D eigenvalue weighted by atomic mass is 10.1. The first kappa shape index (κ1) is 17.5. The second-order valence-corrected chi connectivity index (χ2v) is 5.34. The quantitative estimate of drug-likeness (QED) is 0.813. The molecule has 5 nitrogen and oxygen atoms in total. The van der Waals surface area contributed by atoms with Gasteiger partial charge in [-0.2, -0.15) is 0 Å². The van der Waals surface area contributed by atoms with Crippen LogP contribution in [0.2, 0.25) is 0 Å². The molecule has 0 radical (unpaired) electrons. The van der Waals surface area contributed by atoms with Crippen LogP contribution in [0.15, 0.2) is 24.3 Å². The summed E-state index contributed by atoms with van der Waals surface area (Å²) in [5.41, 5.74) is 1.99. The van der Waals surface area contributed by atoms with Gasteiger partial charge in [0.25, 0.3) is 0 Å². The molecule has 0 bridgehead atoms. The molecule has 1 atom stereocenters. The predicted molar refractivity (Wildman–Crippen MR) is 86.7 cm³/mol. The lowest BCUT2D eigenvalue weighted by Gasteiger charge is -2.26. The number of anilines is 1. The van der Waals surface area contributed by atoms with Gasteiger partial charge in [0.2, 0.25) is 0 Å². The number of carbonyl (C=O) groups is 1. The van der Waals surface area contributed by atoms with Gasteiger partial charge < -0.3 is 20.3 Å². The molecule has 0 aliphatic carbocycles. The van der Waals surface area contributed by atoms with Crippen molar-refractivity contribution in [3.63, 3.8) is 0 Å². The van der Waals surface area contributed by atoms with Crippen LogP contribution in [0.1, 0.15) is 32.4 Å². The molecular weight excluding hydrogens is 266 g/mol. The predicted octanol–water partition coefficient (Wildman–Crippen LogP) is 2.86. The van der Waals surface area contributed by atoms with Crippen LogP contribution >= 0.6 is 0 Å². The van der Waals surface area contributed by atoms with Crippen LogP contribution < -0.4 is 10.6 Å². The number of methoxy groups -OCH3 is 1. The fourth-order valence-electron chi connectivity index (χ4n) is 2.00. The Kier molecular flexibility index (Phi) is 7.19. The van der Waals surface area contributed by atoms with E-state index >= 15 is 0 Å². The number of rotatable bonds is 7. The summed E-state index contributed by atoms with van der Waals surface area (Å²) in [6.45, 7) is 7.19. The van der Waals surface area contributed by atoms with Crippen molar-refractivity contribution < 1.29 is 9.53 Å². The third-order valence-corrected chi connectivity index (χ3v) is 3.52. The highest BCUT2D eigenvalue weighted by molar-refractivity contribution is 5.89. The minimum Gasteiger partial charge on any atom is -0.383 e. The van der Waals surface area contributed by atoms with Crippen LogP contribution in [-0.2, 0) is 4.74 Å². The van der Waals surface area contributed by atoms with E-state index in [1.165, 1.54) is 5.56 Å². The fourth-order valence-corrected chi connectivity index (χ4v) is 2.00. The van der Waals surface area contributed by atoms with Crippen molar-refractivity contribution in [1.29, 1.82) is 0 Å². The zero-order valence-corrected chi connectivity index (χ0v) is 13.6. The van der Waals surface area contributed by atoms with Crippen molar-refractivity contribution in [1.82, 2.24) is 10.2 Å². The summed E-state index contributed by atoms with van der Waals surface area (Å²) >= 11 is 0. The van der Waals surface area contributed by atoms with Crippen molar-refractivity contribution in [2.24, 2.45) is 0 Å². The van der Waals surface area contributed by atoms with Gasteiger partial charge in [-0.05, 0) is 45.5 Å². The SMILES string of the molecule is CNC(C)c1ccc(NC(=O)N(CCOC)C(C)C)cc1. The number of carbonyl (C=O) groups excluding carboxylic acids is 1. The van der Waals surface area contributed by atoms with Gasteiger partial charge in [0.1, 0.15) is 0 Å². The molecule has 2 N–H and O–H groups in total. The molecule has 5 heteroatoms. The van der Waals surface area contributed by atoms with Crippen LogP contribution in [0.4, 0.5) is 10.5 Å². The molecule has 118 valence electrons. The van der Waals surface area contributed by atoms with E-state index in [1.807, 2.05) is 45.2 Å². The Bertz CT molecular complexity index is 432. The Balaban J connectivity index is 2.68. The molecule has 0 saturated heterocycles. The molecular formula is C16H27N3O2. The number of nitrogens with zero attached hydrogens (tertiary/aromatic N) is 1. The van der Waals surface area contributed by atoms with Crippen LogP contribution in [0, 0.1) is 0 Å². The fraction of sp³-hybridized carbons (Fsp3) is 0.562. The highest BCUT2D eigenvalue weighted by atomic mass is 16.5. The second kappa shape index (κ2) is 8.64. The van der Waals surface area contributed by atoms with Crippen LogP contribution in [0.3, 0.4) is 0 Å². The normalized spacial score (nSPS) is 12.3. The number of urea groups is 1. The van der Waals surface area contributed by atoms with Crippen LogP contribution in [0.5, 0.6) is 0 Å². The van der Waals surface area contributed by atoms with E-state index in [9.17, 15) is 4.79 Å². The molecule has 0 spiro atoms. The number of ether oxygens (including phenoxy) is 1. The maximum Gasteiger partial charge on any atom is 0.322 e. The highest BCUT2D eigenvalue weighted by Gasteiger charge is 2.16. The first-order chi connectivity index (χ1) is 9.99. The summed E-state index contributed by atoms with van der Waals surface area (Å²) in [5, 5.41) is 6.12. The Morgan fingerprint density at radius 1 is 1.24 bits per heavy atom. The molecule has 0 aromatic heterocycles. The van der Waals surface area contributed by atoms with Gasteiger partial charge in [0, 0.05) is 31.4 Å². The van der Waals surface area contributed by atoms with Gasteiger partial charge in [-0.1, -0.05) is 12.1 Å². The zero-order chi connectivity index (χ0) is 15.8. The number of hydrogen-bond acceptors (Lipinski definition) is 3. The summed E-state index contributed by atoms with van der Waals surface area (Å²) in [6.07, 6.45) is 0. The molecule has 1 aromatic carbocycles. The molecule has 0 aliphatic heterocycles. The van der Waals surface area contributed by atoms with Gasteiger partial charge in [-0.15, -0.1) is 0 Å². The van der Waals surface area contributed by atoms with Crippen molar-refractivity contribution >= 4 is 11.7 Å². The van der Waals surface area contributed by atoms with Crippen molar-refractivity contribution in [2.45, 2.75) is 32.9 Å². The van der Waals surface area contributed by atoms with Crippen molar-refractivity contribution in [3.8, 4) is 0 Å². The van der Waals surface area contributed by atoms with Gasteiger partial charge in [0.05, 0.1) is 6.61 Å². The third kappa shape index (κ3) is 5.36. The van der Waals surface area contributed by atoms with Crippen molar-refractivity contribution in [3.05, 3.63) is 29.8 Å². The second-order valence-electron chi connectivity index (χ2n) is 5.34. The highest BCUT2D eigenvalue weighted by Crippen LogP contribution is 2.16. The van der Waals surface area contributed by atoms with Crippen molar-refractivity contribution in [2.75, 3.05) is 32.6 Å². The molecule has 0 aliphatic rings. The van der Waals surface area contributed by atoms with Crippen LogP contribution in [0.25, 0.3) is 0 Å². The van der Waals surface area contributed by atoms with E-state index in [4.69, 9.17) is 4.74 Å². The van der Waals surface area contributed by atoms with E-state index in [0.717, 1.165) is 5.69 Å². The molecule has 1 aromatic rings. The summed E-state index contributed by atoms with van der Waals surface area (Å²) in [5.74, 6) is 0. The Labute approximate surface area is 127 Å². The Hall–Kier alpha value is -1.59. The van der Waals surface area contributed by atoms with Gasteiger partial charge in [-0.25, -0.2) is 4.79 Å². The average molecular weight is 293 g/mol. The lowest BCUT2D eigenvalue weighted by Crippen LogP contribution is -2.42. The third-order valence-electron chi connectivity index (χ3n) is 3.52. The standard InChI is InChI=1S/C16H27N3O2/c1-12(2)19(10-11-21-5)16(20)18-15-8-6-14(7-9-15)13(3)17-4/h6-9,12-13,17H,10-11H2,1-5H3,(H,18,20). The van der Waals surface area contributed by atoms with E-state index < -0.39 is 0 Å². The topological polar surface area (TPSA) is 53.6 Å². The largest absolute Gasteiger partial charge is 0.383 e. The average Bonchev–Trinajstić information content (AvgIpc) is 2.47. The number of amides is 2. The molecule has 2 amide bonds. The molecule has 0 fully saturated rings. The first-order valence-corrected chi connectivity index (χ1v) is 7.33. The maximum atomic E-state index is 12.3. The van der Waals surface area contributed by atoms with Gasteiger partial charge in [-0.3, -0.25) is 0 Å². The molecule has 1 rings (SSSR count). The molecule has 1 unspecified atom stereocenters. The smallest absolute Gasteiger partial charge is 0.322 e. The molecule has 0 heterocycles. The maximum absolute atomic E-state index is 12.3. The summed E-state index contributed by atoms with van der Waals surface area (Å²) < 4.78 is 5.05. The zero-order valence-electron chi connectivity index (χ0n) is 13.6. The van der Waals surface area contributed by atoms with Gasteiger partial charge in [0.15, 0.2) is 0 Å². The Morgan fingerprint density at radius 2 is 1.86 bits per heavy atom. The molecule has 0 saturated carbocycles. The minimum absolute atomic E-state index is 0.100. The Morgan fingerprint density at radius 3 is 2.33 bits per heavy atom. The van der Waals surface area contributed by atoms with E-state index in [0.29, 0.717) is 19.2 Å². The van der Waals surface area contributed by atoms with E-state index in [1.54, 1.807) is 12.0 Å². The lowest BCUT2D eigenvalue weighted by molar-refractivity contribution is 0.143. The van der Waals surface area contributed by atoms with E-state index in [-0.39, 0.29) is 12.1 Å². The first-order valence-electron chi connectivity index (χ1n) is 7.33. The number of hydrogen-bond donors (Lipinski definition) is 2. The van der Waals surface area contributed by atoms with E-state index in [2.05, 4.69) is 17.6 Å². The number of benzene rings is 1. The van der Waals surface area contributed by atoms with Gasteiger partial charge >= 0.3 is 6.03 Å². The number of nitrogens with one attached hydrogen (secondary N) is 2. The molecule has 21 heavy (non-hydrogen) atoms. The summed E-state index contributed by atoms with van der Waals surface area (Å²) in [6, 6.07) is 8.21. The monoisotopic (exact) mass is 293 g/mol. The summed E-state index contributed by atoms with van der Waals surface area (Å²) in [7, 11) is 3.56. The minimum atomic E-state index is -0.100. The summed E-state index contributed by atoms with van der Waals surface area (Å²) in [4.78, 5) is 14.0.